The van der Waals surface area contributed by atoms with E-state index in [-0.39, 0.29) is 23.9 Å². The van der Waals surface area contributed by atoms with Crippen LogP contribution >= 0.6 is 11.3 Å². The van der Waals surface area contributed by atoms with Gasteiger partial charge in [-0.25, -0.2) is 9.78 Å². The van der Waals surface area contributed by atoms with Gasteiger partial charge in [-0.3, -0.25) is 5.32 Å². The van der Waals surface area contributed by atoms with Crippen molar-refractivity contribution in [1.82, 2.24) is 20.4 Å². The van der Waals surface area contributed by atoms with Crippen LogP contribution in [0.2, 0.25) is 0 Å². The van der Waals surface area contributed by atoms with Gasteiger partial charge in [-0.2, -0.15) is 13.8 Å². The number of ether oxygens (including phenoxy) is 2. The molecule has 2 saturated heterocycles. The summed E-state index contributed by atoms with van der Waals surface area (Å²) in [5, 5.41) is 9.89. The molecule has 0 spiro atoms. The predicted molar refractivity (Wildman–Crippen MR) is 95.9 cm³/mol. The van der Waals surface area contributed by atoms with E-state index in [0.717, 1.165) is 17.0 Å². The molecule has 10 nitrogen and oxygen atoms in total. The van der Waals surface area contributed by atoms with E-state index in [1.165, 1.54) is 11.3 Å². The molecule has 2 atom stereocenters. The molecule has 3 aliphatic heterocycles. The fourth-order valence-corrected chi connectivity index (χ4v) is 4.44. The average Bonchev–Trinajstić information content (AvgIpc) is 3.39. The van der Waals surface area contributed by atoms with E-state index in [4.69, 9.17) is 9.26 Å². The van der Waals surface area contributed by atoms with Crippen molar-refractivity contribution in [1.29, 1.82) is 0 Å². The van der Waals surface area contributed by atoms with Crippen LogP contribution in [0.15, 0.2) is 4.52 Å². The summed E-state index contributed by atoms with van der Waals surface area (Å²) in [6.07, 6.45) is -2.97. The van der Waals surface area contributed by atoms with Gasteiger partial charge in [0.05, 0.1) is 31.3 Å². The number of hydrogen-bond donors (Lipinski definition) is 2. The molecule has 5 rings (SSSR count). The summed E-state index contributed by atoms with van der Waals surface area (Å²) < 4.78 is 40.6. The Labute approximate surface area is 167 Å². The number of alkyl halides is 2. The van der Waals surface area contributed by atoms with Crippen molar-refractivity contribution in [3.8, 4) is 0 Å². The normalized spacial score (nSPS) is 25.4. The molecular formula is C16H18F2N6O4S. The third kappa shape index (κ3) is 3.89. The topological polar surface area (TPSA) is 115 Å². The maximum Gasteiger partial charge on any atom is 0.359 e. The van der Waals surface area contributed by atoms with Crippen molar-refractivity contribution in [2.24, 2.45) is 0 Å². The summed E-state index contributed by atoms with van der Waals surface area (Å²) in [4.78, 5) is 23.6. The van der Waals surface area contributed by atoms with Crippen molar-refractivity contribution in [3.05, 3.63) is 16.4 Å². The molecule has 0 saturated carbocycles. The van der Waals surface area contributed by atoms with Crippen molar-refractivity contribution in [3.63, 3.8) is 0 Å². The average molecular weight is 428 g/mol. The number of fused-ring (bicyclic) bond motifs is 1. The van der Waals surface area contributed by atoms with Crippen molar-refractivity contribution in [2.45, 2.75) is 44.1 Å². The summed E-state index contributed by atoms with van der Waals surface area (Å²) in [7, 11) is 0. The fourth-order valence-electron chi connectivity index (χ4n) is 3.42. The quantitative estimate of drug-likeness (QED) is 0.761. The molecule has 0 bridgehead atoms. The third-order valence-electron chi connectivity index (χ3n) is 4.94. The Bertz CT molecular complexity index is 907. The zero-order chi connectivity index (χ0) is 20.0. The minimum atomic E-state index is -3.12. The van der Waals surface area contributed by atoms with Crippen LogP contribution in [0.3, 0.4) is 0 Å². The first-order chi connectivity index (χ1) is 13.9. The van der Waals surface area contributed by atoms with Gasteiger partial charge in [-0.05, 0) is 6.42 Å². The molecular weight excluding hydrogens is 410 g/mol. The first-order valence-corrected chi connectivity index (χ1v) is 10.0. The number of rotatable bonds is 4. The van der Waals surface area contributed by atoms with E-state index in [1.807, 2.05) is 4.90 Å². The van der Waals surface area contributed by atoms with E-state index >= 15 is 0 Å². The minimum Gasteiger partial charge on any atom is -0.379 e. The van der Waals surface area contributed by atoms with Crippen LogP contribution < -0.4 is 15.5 Å². The lowest BCUT2D eigenvalue weighted by Crippen LogP contribution is -2.38. The summed E-state index contributed by atoms with van der Waals surface area (Å²) in [5.74, 6) is 0.121. The Hall–Kier alpha value is -2.38. The van der Waals surface area contributed by atoms with Crippen molar-refractivity contribution in [2.75, 3.05) is 30.0 Å². The van der Waals surface area contributed by atoms with Gasteiger partial charge in [0, 0.05) is 24.4 Å². The lowest BCUT2D eigenvalue weighted by Gasteiger charge is -2.32. The second kappa shape index (κ2) is 7.15. The zero-order valence-electron chi connectivity index (χ0n) is 15.2. The third-order valence-corrected chi connectivity index (χ3v) is 5.94. The van der Waals surface area contributed by atoms with E-state index in [1.54, 1.807) is 0 Å². The van der Waals surface area contributed by atoms with Crippen molar-refractivity contribution >= 4 is 28.5 Å². The van der Waals surface area contributed by atoms with Crippen LogP contribution in [0.5, 0.6) is 0 Å². The standard InChI is InChI=1S/C16H18F2N6O4S/c17-16(18)5-10(27-16)12-21-15(28-23-12)24-3-1-9-11(6-24)29-14(20-9)22-13(25)19-8-2-4-26-7-8/h8,10H,1-7H2,(H2,19,20,22,25)/t8-,10?/m1/s1. The highest BCUT2D eigenvalue weighted by molar-refractivity contribution is 7.15. The van der Waals surface area contributed by atoms with E-state index in [0.29, 0.717) is 37.9 Å². The molecule has 156 valence electrons. The SMILES string of the molecule is O=C(Nc1nc2c(s1)CN(c1nc(C3CC(F)(F)O3)no1)CC2)N[C@@H]1CCOC1. The second-order valence-electron chi connectivity index (χ2n) is 7.10. The van der Waals surface area contributed by atoms with Crippen LogP contribution in [0, 0.1) is 0 Å². The molecule has 2 aromatic heterocycles. The van der Waals surface area contributed by atoms with Crippen LogP contribution in [-0.2, 0) is 22.4 Å². The number of thiazole rings is 1. The van der Waals surface area contributed by atoms with Crippen LogP contribution in [0.4, 0.5) is 24.7 Å². The summed E-state index contributed by atoms with van der Waals surface area (Å²) in [6.45, 7) is 2.24. The first-order valence-electron chi connectivity index (χ1n) is 9.23. The number of anilines is 2. The Kier molecular flexibility index (Phi) is 4.59. The molecule has 1 unspecified atom stereocenters. The number of amides is 2. The number of hydrogen-bond acceptors (Lipinski definition) is 9. The van der Waals surface area contributed by atoms with E-state index in [9.17, 15) is 13.6 Å². The Morgan fingerprint density at radius 3 is 2.97 bits per heavy atom. The molecule has 2 amide bonds. The number of nitrogens with one attached hydrogen (secondary N) is 2. The first kappa shape index (κ1) is 18.6. The van der Waals surface area contributed by atoms with Crippen LogP contribution in [0.1, 0.15) is 35.3 Å². The number of halogens is 2. The maximum absolute atomic E-state index is 12.8. The van der Waals surface area contributed by atoms with E-state index in [2.05, 4.69) is 30.5 Å². The highest BCUT2D eigenvalue weighted by atomic mass is 32.1. The molecule has 2 aromatic rings. The monoisotopic (exact) mass is 428 g/mol. The minimum absolute atomic E-state index is 0.0198. The predicted octanol–water partition coefficient (Wildman–Crippen LogP) is 2.05. The molecule has 5 heterocycles. The molecule has 2 fully saturated rings. The molecule has 0 aliphatic carbocycles. The second-order valence-corrected chi connectivity index (χ2v) is 8.19. The summed E-state index contributed by atoms with van der Waals surface area (Å²) in [5.41, 5.74) is 0.910. The van der Waals surface area contributed by atoms with E-state index < -0.39 is 18.6 Å². The number of nitrogens with zero attached hydrogens (tertiary/aromatic N) is 4. The zero-order valence-corrected chi connectivity index (χ0v) is 16.0. The van der Waals surface area contributed by atoms with Crippen LogP contribution in [0.25, 0.3) is 0 Å². The fraction of sp³-hybridized carbons (Fsp3) is 0.625. The van der Waals surface area contributed by atoms with Gasteiger partial charge in [-0.15, -0.1) is 0 Å². The number of aromatic nitrogens is 3. The largest absolute Gasteiger partial charge is 0.379 e. The summed E-state index contributed by atoms with van der Waals surface area (Å²) >= 11 is 1.38. The Morgan fingerprint density at radius 2 is 2.21 bits per heavy atom. The number of carbonyl (C=O) groups excluding carboxylic acids is 1. The van der Waals surface area contributed by atoms with Crippen molar-refractivity contribution < 1.29 is 27.6 Å². The lowest BCUT2D eigenvalue weighted by atomic mass is 10.1. The number of urea groups is 1. The highest BCUT2D eigenvalue weighted by Crippen LogP contribution is 2.44. The van der Waals surface area contributed by atoms with Gasteiger partial charge in [-0.1, -0.05) is 16.5 Å². The number of carbonyl (C=O) groups is 1. The molecule has 13 heteroatoms. The van der Waals surface area contributed by atoms with Gasteiger partial charge in [0.1, 0.15) is 6.10 Å². The molecule has 0 radical (unpaired) electrons. The van der Waals surface area contributed by atoms with Gasteiger partial charge in [0.25, 0.3) is 0 Å². The van der Waals surface area contributed by atoms with Crippen LogP contribution in [-0.4, -0.2) is 53.1 Å². The van der Waals surface area contributed by atoms with Gasteiger partial charge >= 0.3 is 18.2 Å². The van der Waals surface area contributed by atoms with Gasteiger partial charge < -0.3 is 24.2 Å². The molecule has 3 aliphatic rings. The molecule has 2 N–H and O–H groups in total. The Morgan fingerprint density at radius 1 is 1.34 bits per heavy atom. The molecule has 29 heavy (non-hydrogen) atoms. The Balaban J connectivity index is 1.20. The van der Waals surface area contributed by atoms with Gasteiger partial charge in [0.2, 0.25) is 5.82 Å². The van der Waals surface area contributed by atoms with Gasteiger partial charge in [0.15, 0.2) is 5.13 Å². The lowest BCUT2D eigenvalue weighted by molar-refractivity contribution is -0.356. The smallest absolute Gasteiger partial charge is 0.359 e. The summed E-state index contributed by atoms with van der Waals surface area (Å²) in [6, 6.07) is -0.0277. The highest BCUT2D eigenvalue weighted by Gasteiger charge is 2.50. The maximum atomic E-state index is 12.8. The molecule has 0 aromatic carbocycles.